The number of aromatic nitrogens is 1. The fourth-order valence-electron chi connectivity index (χ4n) is 3.61. The molecule has 1 aliphatic heterocycles. The van der Waals surface area contributed by atoms with E-state index in [1.807, 2.05) is 44.2 Å². The Morgan fingerprint density at radius 2 is 2.00 bits per heavy atom. The topological polar surface area (TPSA) is 69.8 Å². The monoisotopic (exact) mass is 357 g/mol. The Kier molecular flexibility index (Phi) is 6.06. The van der Waals surface area contributed by atoms with Crippen LogP contribution in [0.2, 0.25) is 0 Å². The average molecular weight is 357 g/mol. The number of oxazole rings is 1. The number of rotatable bonds is 7. The summed E-state index contributed by atoms with van der Waals surface area (Å²) in [6.45, 7) is 7.58. The van der Waals surface area contributed by atoms with E-state index in [1.165, 1.54) is 0 Å². The summed E-state index contributed by atoms with van der Waals surface area (Å²) in [5.41, 5.74) is 1.98. The molecule has 1 aliphatic rings. The highest BCUT2D eigenvalue weighted by Crippen LogP contribution is 2.24. The molecule has 1 aromatic carbocycles. The number of benzene rings is 1. The van der Waals surface area contributed by atoms with Crippen molar-refractivity contribution in [1.29, 1.82) is 0 Å². The molecule has 0 unspecified atom stereocenters. The van der Waals surface area contributed by atoms with Gasteiger partial charge in [0.15, 0.2) is 0 Å². The van der Waals surface area contributed by atoms with Crippen LogP contribution in [0.5, 0.6) is 0 Å². The molecule has 1 N–H and O–H groups in total. The Hall–Kier alpha value is -2.18. The van der Waals surface area contributed by atoms with Crippen molar-refractivity contribution in [1.82, 2.24) is 14.8 Å². The summed E-state index contributed by atoms with van der Waals surface area (Å²) in [5.74, 6) is 0.791. The lowest BCUT2D eigenvalue weighted by molar-refractivity contribution is -0.139. The normalized spacial score (nSPS) is 16.3. The first-order valence-electron chi connectivity index (χ1n) is 9.26. The number of aliphatic carboxylic acids is 1. The van der Waals surface area contributed by atoms with Crippen molar-refractivity contribution >= 4 is 5.97 Å². The number of hydrogen-bond donors (Lipinski definition) is 1. The second kappa shape index (κ2) is 8.47. The summed E-state index contributed by atoms with van der Waals surface area (Å²) < 4.78 is 5.85. The van der Waals surface area contributed by atoms with Crippen LogP contribution in [-0.4, -0.2) is 58.1 Å². The van der Waals surface area contributed by atoms with Crippen LogP contribution in [0.25, 0.3) is 11.5 Å². The predicted octanol–water partition coefficient (Wildman–Crippen LogP) is 3.02. The van der Waals surface area contributed by atoms with Crippen molar-refractivity contribution in [3.05, 3.63) is 41.8 Å². The molecule has 0 bridgehead atoms. The Morgan fingerprint density at radius 1 is 1.31 bits per heavy atom. The number of carboxylic acids is 1. The number of likely N-dealkylation sites (tertiary alicyclic amines) is 1. The van der Waals surface area contributed by atoms with Gasteiger partial charge in [0, 0.05) is 31.2 Å². The van der Waals surface area contributed by atoms with Crippen LogP contribution in [0.4, 0.5) is 0 Å². The van der Waals surface area contributed by atoms with Crippen LogP contribution in [0.1, 0.15) is 31.2 Å². The fraction of sp³-hybridized carbons (Fsp3) is 0.500. The zero-order chi connectivity index (χ0) is 18.5. The predicted molar refractivity (Wildman–Crippen MR) is 99.9 cm³/mol. The second-order valence-electron chi connectivity index (χ2n) is 6.85. The standard InChI is InChI=1S/C20H27N3O3/c1-3-23(14-19(24)25)17-9-11-22(12-10-17)13-18-15(2)26-20(21-18)16-7-5-4-6-8-16/h4-8,17H,3,9-14H2,1-2H3,(H,24,25). The molecule has 0 radical (unpaired) electrons. The third kappa shape index (κ3) is 4.51. The van der Waals surface area contributed by atoms with E-state index in [0.29, 0.717) is 11.9 Å². The minimum atomic E-state index is -0.749. The molecule has 0 amide bonds. The molecule has 26 heavy (non-hydrogen) atoms. The van der Waals surface area contributed by atoms with Crippen LogP contribution in [0, 0.1) is 6.92 Å². The van der Waals surface area contributed by atoms with Gasteiger partial charge in [0.1, 0.15) is 5.76 Å². The maximum absolute atomic E-state index is 11.0. The van der Waals surface area contributed by atoms with Crippen LogP contribution < -0.4 is 0 Å². The second-order valence-corrected chi connectivity index (χ2v) is 6.85. The largest absolute Gasteiger partial charge is 0.480 e. The van der Waals surface area contributed by atoms with Gasteiger partial charge >= 0.3 is 5.97 Å². The van der Waals surface area contributed by atoms with Crippen molar-refractivity contribution in [2.75, 3.05) is 26.2 Å². The smallest absolute Gasteiger partial charge is 0.317 e. The van der Waals surface area contributed by atoms with Gasteiger partial charge in [-0.25, -0.2) is 4.98 Å². The summed E-state index contributed by atoms with van der Waals surface area (Å²) in [6.07, 6.45) is 1.98. The third-order valence-electron chi connectivity index (χ3n) is 5.10. The lowest BCUT2D eigenvalue weighted by Crippen LogP contribution is -2.46. The highest BCUT2D eigenvalue weighted by Gasteiger charge is 2.26. The Balaban J connectivity index is 1.58. The van der Waals surface area contributed by atoms with Gasteiger partial charge in [-0.3, -0.25) is 14.6 Å². The summed E-state index contributed by atoms with van der Waals surface area (Å²) in [5, 5.41) is 9.05. The molecule has 6 nitrogen and oxygen atoms in total. The lowest BCUT2D eigenvalue weighted by Gasteiger charge is -2.37. The van der Waals surface area contributed by atoms with E-state index in [4.69, 9.17) is 9.52 Å². The molecule has 0 saturated carbocycles. The molecule has 2 aromatic rings. The van der Waals surface area contributed by atoms with Crippen molar-refractivity contribution in [3.63, 3.8) is 0 Å². The molecule has 1 aromatic heterocycles. The van der Waals surface area contributed by atoms with Crippen molar-refractivity contribution in [3.8, 4) is 11.5 Å². The highest BCUT2D eigenvalue weighted by atomic mass is 16.4. The molecule has 0 atom stereocenters. The Morgan fingerprint density at radius 3 is 2.62 bits per heavy atom. The first-order chi connectivity index (χ1) is 12.6. The number of carboxylic acid groups (broad SMARTS) is 1. The highest BCUT2D eigenvalue weighted by molar-refractivity contribution is 5.69. The van der Waals surface area contributed by atoms with E-state index in [9.17, 15) is 4.79 Å². The van der Waals surface area contributed by atoms with Gasteiger partial charge in [0.05, 0.1) is 12.2 Å². The van der Waals surface area contributed by atoms with Crippen LogP contribution in [0.3, 0.4) is 0 Å². The molecule has 3 rings (SSSR count). The molecule has 1 fully saturated rings. The molecule has 0 spiro atoms. The van der Waals surface area contributed by atoms with Gasteiger partial charge in [-0.05, 0) is 38.4 Å². The quantitative estimate of drug-likeness (QED) is 0.821. The zero-order valence-electron chi connectivity index (χ0n) is 15.5. The third-order valence-corrected chi connectivity index (χ3v) is 5.10. The summed E-state index contributed by atoms with van der Waals surface area (Å²) in [4.78, 5) is 20.1. The number of hydrogen-bond acceptors (Lipinski definition) is 5. The molecule has 0 aliphatic carbocycles. The van der Waals surface area contributed by atoms with E-state index in [1.54, 1.807) is 0 Å². The minimum absolute atomic E-state index is 0.129. The van der Waals surface area contributed by atoms with E-state index in [-0.39, 0.29) is 6.54 Å². The molecule has 2 heterocycles. The fourth-order valence-corrected chi connectivity index (χ4v) is 3.61. The number of aryl methyl sites for hydroxylation is 1. The molecule has 140 valence electrons. The van der Waals surface area contributed by atoms with Crippen LogP contribution in [0.15, 0.2) is 34.7 Å². The number of piperidine rings is 1. The minimum Gasteiger partial charge on any atom is -0.480 e. The number of likely N-dealkylation sites (N-methyl/N-ethyl adjacent to an activating group) is 1. The van der Waals surface area contributed by atoms with Gasteiger partial charge in [-0.15, -0.1) is 0 Å². The van der Waals surface area contributed by atoms with E-state index in [0.717, 1.165) is 56.0 Å². The molecular formula is C20H27N3O3. The van der Waals surface area contributed by atoms with Gasteiger partial charge in [-0.1, -0.05) is 25.1 Å². The van der Waals surface area contributed by atoms with Gasteiger partial charge in [0.25, 0.3) is 0 Å². The van der Waals surface area contributed by atoms with Gasteiger partial charge in [0.2, 0.25) is 5.89 Å². The average Bonchev–Trinajstić information content (AvgIpc) is 3.01. The van der Waals surface area contributed by atoms with Gasteiger partial charge in [-0.2, -0.15) is 0 Å². The summed E-state index contributed by atoms with van der Waals surface area (Å²) >= 11 is 0. The summed E-state index contributed by atoms with van der Waals surface area (Å²) in [6, 6.07) is 10.3. The van der Waals surface area contributed by atoms with Crippen molar-refractivity contribution < 1.29 is 14.3 Å². The van der Waals surface area contributed by atoms with Crippen molar-refractivity contribution in [2.24, 2.45) is 0 Å². The SMILES string of the molecule is CCN(CC(=O)O)C1CCN(Cc2nc(-c3ccccc3)oc2C)CC1. The number of nitrogens with zero attached hydrogens (tertiary/aromatic N) is 3. The van der Waals surface area contributed by atoms with Crippen LogP contribution in [-0.2, 0) is 11.3 Å². The maximum Gasteiger partial charge on any atom is 0.317 e. The molecular weight excluding hydrogens is 330 g/mol. The molecule has 1 saturated heterocycles. The summed E-state index contributed by atoms with van der Waals surface area (Å²) in [7, 11) is 0. The van der Waals surface area contributed by atoms with E-state index < -0.39 is 5.97 Å². The first-order valence-corrected chi connectivity index (χ1v) is 9.26. The first kappa shape index (κ1) is 18.6. The van der Waals surface area contributed by atoms with Crippen LogP contribution >= 0.6 is 0 Å². The van der Waals surface area contributed by atoms with Crippen molar-refractivity contribution in [2.45, 2.75) is 39.3 Å². The Labute approximate surface area is 154 Å². The van der Waals surface area contributed by atoms with Gasteiger partial charge < -0.3 is 9.52 Å². The lowest BCUT2D eigenvalue weighted by atomic mass is 10.0. The Bertz CT molecular complexity index is 721. The van der Waals surface area contributed by atoms with E-state index in [2.05, 4.69) is 14.8 Å². The molecule has 6 heteroatoms. The van der Waals surface area contributed by atoms with E-state index >= 15 is 0 Å². The zero-order valence-corrected chi connectivity index (χ0v) is 15.5. The maximum atomic E-state index is 11.0. The number of carbonyl (C=O) groups is 1.